The number of carbonyl (C=O) groups is 2. The van der Waals surface area contributed by atoms with Gasteiger partial charge < -0.3 is 9.31 Å². The predicted molar refractivity (Wildman–Crippen MR) is 105 cm³/mol. The number of hydrogen-bond acceptors (Lipinski definition) is 7. The zero-order valence-corrected chi connectivity index (χ0v) is 16.9. The van der Waals surface area contributed by atoms with Crippen molar-refractivity contribution >= 4 is 29.1 Å². The van der Waals surface area contributed by atoms with E-state index in [0.29, 0.717) is 0 Å². The highest BCUT2D eigenvalue weighted by Crippen LogP contribution is 2.12. The van der Waals surface area contributed by atoms with E-state index in [2.05, 4.69) is 4.72 Å². The molecule has 0 aliphatic carbocycles. The van der Waals surface area contributed by atoms with Crippen LogP contribution >= 0.6 is 0 Å². The quantitative estimate of drug-likeness (QED) is 0.391. The summed E-state index contributed by atoms with van der Waals surface area (Å²) in [6, 6.07) is 7.81. The molecule has 0 aromatic heterocycles. The van der Waals surface area contributed by atoms with Gasteiger partial charge in [0.05, 0.1) is 18.0 Å². The Balaban J connectivity index is 2.26. The number of sulfonamides is 1. The summed E-state index contributed by atoms with van der Waals surface area (Å²) < 4.78 is 38.4. The van der Waals surface area contributed by atoms with Gasteiger partial charge in [-0.1, -0.05) is 50.1 Å². The van der Waals surface area contributed by atoms with Gasteiger partial charge in [0.15, 0.2) is 0 Å². The molecule has 0 radical (unpaired) electrons. The molecule has 0 saturated carbocycles. The predicted octanol–water partition coefficient (Wildman–Crippen LogP) is 1.14. The fourth-order valence-electron chi connectivity index (χ4n) is 2.60. The van der Waals surface area contributed by atoms with Crippen molar-refractivity contribution in [1.82, 2.24) is 9.62 Å². The van der Waals surface area contributed by atoms with Crippen molar-refractivity contribution in [1.29, 1.82) is 0 Å². The zero-order chi connectivity index (χ0) is 20.6. The van der Waals surface area contributed by atoms with Gasteiger partial charge in [-0.3, -0.25) is 14.5 Å². The van der Waals surface area contributed by atoms with E-state index in [1.807, 2.05) is 6.92 Å². The van der Waals surface area contributed by atoms with Gasteiger partial charge in [0.1, 0.15) is 5.94 Å². The first-order valence-electron chi connectivity index (χ1n) is 9.13. The van der Waals surface area contributed by atoms with Crippen molar-refractivity contribution in [3.63, 3.8) is 0 Å². The highest BCUT2D eigenvalue weighted by molar-refractivity contribution is 7.89. The summed E-state index contributed by atoms with van der Waals surface area (Å²) in [5, 5.41) is 0. The number of likely N-dealkylation sites (N-methyl/N-ethyl adjacent to an activating group) is 1. The van der Waals surface area contributed by atoms with E-state index in [-0.39, 0.29) is 18.0 Å². The average Bonchev–Trinajstić information content (AvgIpc) is 2.63. The van der Waals surface area contributed by atoms with E-state index in [0.717, 1.165) is 19.3 Å². The maximum atomic E-state index is 12.7. The van der Waals surface area contributed by atoms with Crippen LogP contribution in [0.1, 0.15) is 26.2 Å². The van der Waals surface area contributed by atoms with E-state index in [9.17, 15) is 18.0 Å². The largest absolute Gasteiger partial charge is 0.622 e. The first-order chi connectivity index (χ1) is 13.3. The number of nitrogens with zero attached hydrogens (tertiary/aromatic N) is 1. The van der Waals surface area contributed by atoms with Crippen LogP contribution in [0.2, 0.25) is 0 Å². The van der Waals surface area contributed by atoms with Crippen LogP contribution < -0.4 is 4.72 Å². The minimum absolute atomic E-state index is 0.0604. The van der Waals surface area contributed by atoms with Crippen molar-refractivity contribution in [2.24, 2.45) is 0 Å². The van der Waals surface area contributed by atoms with Crippen molar-refractivity contribution in [3.8, 4) is 0 Å². The van der Waals surface area contributed by atoms with Crippen LogP contribution in [0, 0.1) is 0 Å². The van der Waals surface area contributed by atoms with Crippen LogP contribution in [0.4, 0.5) is 0 Å². The summed E-state index contributed by atoms with van der Waals surface area (Å²) in [5.74, 6) is -2.25. The number of benzene rings is 1. The minimum Gasteiger partial charge on any atom is -0.497 e. The molecule has 1 aromatic carbocycles. The second-order valence-electron chi connectivity index (χ2n) is 6.55. The van der Waals surface area contributed by atoms with Gasteiger partial charge in [-0.05, 0) is 25.6 Å². The maximum absolute atomic E-state index is 12.7. The van der Waals surface area contributed by atoms with Crippen molar-refractivity contribution in [2.75, 3.05) is 20.1 Å². The second-order valence-corrected chi connectivity index (χ2v) is 8.26. The highest BCUT2D eigenvalue weighted by Gasteiger charge is 2.40. The third-order valence-corrected chi connectivity index (χ3v) is 5.47. The summed E-state index contributed by atoms with van der Waals surface area (Å²) >= 11 is 0. The van der Waals surface area contributed by atoms with Crippen LogP contribution in [0.3, 0.4) is 0 Å². The molecule has 0 spiro atoms. The standard InChI is InChI=1S/C18H25BN2O6S/c1-3-4-5-9-12-16(20-28(24,25)15-10-7-6-8-11-15)19-26-17(22)13-21(2)14-18(23)27-19/h6-12,16,20H,3-5,13-14H2,1-2H3. The third-order valence-electron chi connectivity index (χ3n) is 4.00. The fraction of sp³-hybridized carbons (Fsp3) is 0.444. The molecule has 1 aromatic rings. The molecule has 1 fully saturated rings. The average molecular weight is 408 g/mol. The van der Waals surface area contributed by atoms with Crippen molar-refractivity contribution in [2.45, 2.75) is 37.0 Å². The molecule has 0 bridgehead atoms. The molecule has 152 valence electrons. The fourth-order valence-corrected chi connectivity index (χ4v) is 3.80. The lowest BCUT2D eigenvalue weighted by Gasteiger charge is -2.26. The molecule has 1 unspecified atom stereocenters. The summed E-state index contributed by atoms with van der Waals surface area (Å²) in [6.45, 7) is 1.85. The Kier molecular flexibility index (Phi) is 8.22. The number of nitrogens with one attached hydrogen (secondary N) is 1. The molecule has 2 rings (SSSR count). The smallest absolute Gasteiger partial charge is 0.497 e. The van der Waals surface area contributed by atoms with Crippen LogP contribution in [0.5, 0.6) is 0 Å². The van der Waals surface area contributed by atoms with E-state index >= 15 is 0 Å². The van der Waals surface area contributed by atoms with Crippen LogP contribution in [0.25, 0.3) is 0 Å². The lowest BCUT2D eigenvalue weighted by atomic mass is 9.78. The second kappa shape index (κ2) is 10.4. The van der Waals surface area contributed by atoms with E-state index in [1.165, 1.54) is 17.0 Å². The topological polar surface area (TPSA) is 102 Å². The summed E-state index contributed by atoms with van der Waals surface area (Å²) in [6.07, 6.45) is 5.96. The molecule has 1 heterocycles. The van der Waals surface area contributed by atoms with Gasteiger partial charge >= 0.3 is 19.1 Å². The number of allylic oxidation sites excluding steroid dienone is 1. The number of rotatable bonds is 8. The van der Waals surface area contributed by atoms with Gasteiger partial charge in [0, 0.05) is 0 Å². The van der Waals surface area contributed by atoms with Gasteiger partial charge in [0.2, 0.25) is 10.0 Å². The number of carbonyl (C=O) groups excluding carboxylic acids is 2. The Morgan fingerprint density at radius 2 is 1.79 bits per heavy atom. The van der Waals surface area contributed by atoms with E-state index < -0.39 is 35.0 Å². The van der Waals surface area contributed by atoms with Crippen LogP contribution in [-0.4, -0.2) is 58.5 Å². The van der Waals surface area contributed by atoms with Gasteiger partial charge in [0.25, 0.3) is 0 Å². The molecule has 1 N–H and O–H groups in total. The first kappa shape index (κ1) is 22.1. The maximum Gasteiger partial charge on any atom is 0.622 e. The number of unbranched alkanes of at least 4 members (excludes halogenated alkanes) is 2. The van der Waals surface area contributed by atoms with Crippen molar-refractivity contribution < 1.29 is 27.3 Å². The number of hydrogen-bond donors (Lipinski definition) is 1. The molecule has 1 atom stereocenters. The molecular weight excluding hydrogens is 383 g/mol. The Morgan fingerprint density at radius 1 is 1.18 bits per heavy atom. The third kappa shape index (κ3) is 6.77. The Hall–Kier alpha value is -2.17. The van der Waals surface area contributed by atoms with E-state index in [1.54, 1.807) is 37.4 Å². The Morgan fingerprint density at radius 3 is 2.36 bits per heavy atom. The molecule has 1 saturated heterocycles. The monoisotopic (exact) mass is 408 g/mol. The van der Waals surface area contributed by atoms with E-state index in [4.69, 9.17) is 9.31 Å². The lowest BCUT2D eigenvalue weighted by Crippen LogP contribution is -2.53. The summed E-state index contributed by atoms with van der Waals surface area (Å²) in [7, 11) is -3.71. The summed E-state index contributed by atoms with van der Waals surface area (Å²) in [5.41, 5.74) is 0. The SMILES string of the molecule is CCCCC=CC(NS(=O)(=O)c1ccccc1)B1OC(=O)CN(C)CC(=O)O1. The molecule has 1 aliphatic heterocycles. The lowest BCUT2D eigenvalue weighted by molar-refractivity contribution is -0.145. The Labute approximate surface area is 166 Å². The summed E-state index contributed by atoms with van der Waals surface area (Å²) in [4.78, 5) is 25.6. The van der Waals surface area contributed by atoms with Crippen molar-refractivity contribution in [3.05, 3.63) is 42.5 Å². The first-order valence-corrected chi connectivity index (χ1v) is 10.6. The molecule has 28 heavy (non-hydrogen) atoms. The molecule has 0 amide bonds. The minimum atomic E-state index is -3.91. The van der Waals surface area contributed by atoms with Gasteiger partial charge in [-0.25, -0.2) is 13.1 Å². The van der Waals surface area contributed by atoms with Gasteiger partial charge in [-0.15, -0.1) is 0 Å². The molecule has 1 aliphatic rings. The molecule has 8 nitrogen and oxygen atoms in total. The zero-order valence-electron chi connectivity index (χ0n) is 16.0. The Bertz CT molecular complexity index is 780. The van der Waals surface area contributed by atoms with Gasteiger partial charge in [-0.2, -0.15) is 0 Å². The van der Waals surface area contributed by atoms with Crippen LogP contribution in [0.15, 0.2) is 47.4 Å². The molecule has 10 heteroatoms. The van der Waals surface area contributed by atoms with Crippen LogP contribution in [-0.2, 0) is 28.9 Å². The highest BCUT2D eigenvalue weighted by atomic mass is 32.2. The molecular formula is C18H25BN2O6S. The normalized spacial score (nSPS) is 17.7.